The first-order valence-corrected chi connectivity index (χ1v) is 7.80. The van der Waals surface area contributed by atoms with Crippen LogP contribution in [0.1, 0.15) is 21.7 Å². The Kier molecular flexibility index (Phi) is 4.92. The third-order valence-electron chi connectivity index (χ3n) is 2.81. The van der Waals surface area contributed by atoms with E-state index in [1.54, 1.807) is 17.7 Å². The topological polar surface area (TPSA) is 71.8 Å². The summed E-state index contributed by atoms with van der Waals surface area (Å²) in [5, 5.41) is 11.4. The van der Waals surface area contributed by atoms with Gasteiger partial charge in [0.2, 0.25) is 5.16 Å². The zero-order chi connectivity index (χ0) is 15.4. The van der Waals surface area contributed by atoms with Crippen LogP contribution in [-0.2, 0) is 0 Å². The number of carbonyl (C=O) groups is 1. The molecule has 21 heavy (non-hydrogen) atoms. The molecule has 0 aliphatic carbocycles. The van der Waals surface area contributed by atoms with E-state index in [1.807, 2.05) is 31.4 Å². The average Bonchev–Trinajstić information content (AvgIpc) is 2.80. The van der Waals surface area contributed by atoms with Gasteiger partial charge in [-0.1, -0.05) is 30.0 Å². The van der Waals surface area contributed by atoms with Crippen molar-refractivity contribution in [3.05, 3.63) is 41.2 Å². The number of amides is 1. The Hall–Kier alpha value is -1.93. The smallest absolute Gasteiger partial charge is 0.257 e. The van der Waals surface area contributed by atoms with E-state index in [0.717, 1.165) is 5.56 Å². The minimum Gasteiger partial charge on any atom is -0.298 e. The quantitative estimate of drug-likeness (QED) is 0.664. The summed E-state index contributed by atoms with van der Waals surface area (Å²) in [7, 11) is 0. The maximum atomic E-state index is 12.2. The molecular weight excluding hydrogens is 306 g/mol. The van der Waals surface area contributed by atoms with Gasteiger partial charge in [-0.2, -0.15) is 0 Å². The number of hydrogen-bond acceptors (Lipinski definition) is 5. The Bertz CT molecular complexity index is 683. The van der Waals surface area contributed by atoms with Crippen LogP contribution in [0.5, 0.6) is 0 Å². The standard InChI is InChI=1S/C13H15N5OS2/c1-8-6-4-5-7-10(8)11(19)14-12(20)17-18-9(2)15-16-13(18)21-3/h4-7H,1-3H3,(H2,14,17,19,20). The lowest BCUT2D eigenvalue weighted by atomic mass is 10.1. The summed E-state index contributed by atoms with van der Waals surface area (Å²) < 4.78 is 1.63. The number of nitrogens with one attached hydrogen (secondary N) is 2. The van der Waals surface area contributed by atoms with Gasteiger partial charge >= 0.3 is 0 Å². The Morgan fingerprint density at radius 1 is 1.29 bits per heavy atom. The van der Waals surface area contributed by atoms with E-state index in [9.17, 15) is 4.79 Å². The second kappa shape index (κ2) is 6.68. The average molecular weight is 321 g/mol. The molecule has 0 aliphatic rings. The van der Waals surface area contributed by atoms with Crippen LogP contribution in [0.15, 0.2) is 29.4 Å². The van der Waals surface area contributed by atoms with Gasteiger partial charge in [-0.15, -0.1) is 10.2 Å². The lowest BCUT2D eigenvalue weighted by Gasteiger charge is -2.13. The molecule has 0 saturated carbocycles. The van der Waals surface area contributed by atoms with Gasteiger partial charge in [0.15, 0.2) is 5.11 Å². The summed E-state index contributed by atoms with van der Waals surface area (Å²) in [6.07, 6.45) is 1.89. The maximum absolute atomic E-state index is 12.2. The van der Waals surface area contributed by atoms with Gasteiger partial charge in [-0.05, 0) is 44.0 Å². The summed E-state index contributed by atoms with van der Waals surface area (Å²) >= 11 is 6.59. The van der Waals surface area contributed by atoms with E-state index < -0.39 is 0 Å². The van der Waals surface area contributed by atoms with Crippen LogP contribution in [0.2, 0.25) is 0 Å². The van der Waals surface area contributed by atoms with Gasteiger partial charge < -0.3 is 0 Å². The first-order valence-electron chi connectivity index (χ1n) is 6.17. The highest BCUT2D eigenvalue weighted by Crippen LogP contribution is 2.11. The van der Waals surface area contributed by atoms with Crippen molar-refractivity contribution < 1.29 is 4.79 Å². The predicted molar refractivity (Wildman–Crippen MR) is 87.1 cm³/mol. The summed E-state index contributed by atoms with van der Waals surface area (Å²) in [5.74, 6) is 0.411. The van der Waals surface area contributed by atoms with Crippen molar-refractivity contribution in [2.75, 3.05) is 11.7 Å². The van der Waals surface area contributed by atoms with Gasteiger partial charge in [0, 0.05) is 5.56 Å². The molecule has 1 aromatic carbocycles. The Balaban J connectivity index is 2.07. The fraction of sp³-hybridized carbons (Fsp3) is 0.231. The summed E-state index contributed by atoms with van der Waals surface area (Å²) in [6.45, 7) is 3.67. The monoisotopic (exact) mass is 321 g/mol. The van der Waals surface area contributed by atoms with E-state index >= 15 is 0 Å². The lowest BCUT2D eigenvalue weighted by Crippen LogP contribution is -2.38. The molecule has 1 amide bonds. The molecule has 2 aromatic rings. The third-order valence-corrected chi connectivity index (χ3v) is 3.63. The van der Waals surface area contributed by atoms with Crippen molar-refractivity contribution in [2.45, 2.75) is 19.0 Å². The second-order valence-corrected chi connectivity index (χ2v) is 5.46. The largest absolute Gasteiger partial charge is 0.298 e. The van der Waals surface area contributed by atoms with Gasteiger partial charge in [-0.3, -0.25) is 15.5 Å². The van der Waals surface area contributed by atoms with Crippen LogP contribution in [0.3, 0.4) is 0 Å². The minimum atomic E-state index is -0.248. The minimum absolute atomic E-state index is 0.196. The van der Waals surface area contributed by atoms with E-state index in [-0.39, 0.29) is 11.0 Å². The first kappa shape index (κ1) is 15.5. The van der Waals surface area contributed by atoms with Crippen molar-refractivity contribution in [1.82, 2.24) is 20.2 Å². The number of aromatic nitrogens is 3. The third kappa shape index (κ3) is 3.59. The van der Waals surface area contributed by atoms with Crippen LogP contribution in [0, 0.1) is 13.8 Å². The Morgan fingerprint density at radius 2 is 2.00 bits per heavy atom. The van der Waals surface area contributed by atoms with Gasteiger partial charge in [0.25, 0.3) is 5.91 Å². The van der Waals surface area contributed by atoms with Crippen LogP contribution >= 0.6 is 24.0 Å². The summed E-state index contributed by atoms with van der Waals surface area (Å²) in [5.41, 5.74) is 4.38. The SMILES string of the molecule is CSc1nnc(C)n1NC(=S)NC(=O)c1ccccc1C. The molecule has 1 heterocycles. The van der Waals surface area contributed by atoms with Crippen molar-refractivity contribution in [1.29, 1.82) is 0 Å². The van der Waals surface area contributed by atoms with Gasteiger partial charge in [-0.25, -0.2) is 4.68 Å². The predicted octanol–water partition coefficient (Wildman–Crippen LogP) is 1.88. The molecule has 6 nitrogen and oxygen atoms in total. The molecule has 8 heteroatoms. The molecule has 110 valence electrons. The number of carbonyl (C=O) groups excluding carboxylic acids is 1. The fourth-order valence-electron chi connectivity index (χ4n) is 1.73. The zero-order valence-corrected chi connectivity index (χ0v) is 13.5. The van der Waals surface area contributed by atoms with Crippen molar-refractivity contribution >= 4 is 35.0 Å². The molecule has 0 fully saturated rings. The molecule has 2 rings (SSSR count). The van der Waals surface area contributed by atoms with Gasteiger partial charge in [0.1, 0.15) is 5.82 Å². The lowest BCUT2D eigenvalue weighted by molar-refractivity contribution is 0.0977. The van der Waals surface area contributed by atoms with Crippen molar-refractivity contribution in [3.63, 3.8) is 0 Å². The molecule has 0 aliphatic heterocycles. The normalized spacial score (nSPS) is 10.2. The highest BCUT2D eigenvalue weighted by molar-refractivity contribution is 7.98. The number of benzene rings is 1. The van der Waals surface area contributed by atoms with Crippen molar-refractivity contribution in [3.8, 4) is 0 Å². The Labute approximate surface area is 132 Å². The van der Waals surface area contributed by atoms with Crippen LogP contribution in [0.4, 0.5) is 0 Å². The summed E-state index contributed by atoms with van der Waals surface area (Å²) in [4.78, 5) is 12.2. The fourth-order valence-corrected chi connectivity index (χ4v) is 2.40. The zero-order valence-electron chi connectivity index (χ0n) is 11.9. The maximum Gasteiger partial charge on any atom is 0.257 e. The number of thiocarbonyl (C=S) groups is 1. The number of aryl methyl sites for hydroxylation is 2. The molecule has 0 radical (unpaired) electrons. The highest BCUT2D eigenvalue weighted by atomic mass is 32.2. The molecular formula is C13H15N5OS2. The molecule has 2 N–H and O–H groups in total. The number of thioether (sulfide) groups is 1. The van der Waals surface area contributed by atoms with Crippen LogP contribution in [0.25, 0.3) is 0 Å². The van der Waals surface area contributed by atoms with E-state index in [0.29, 0.717) is 16.5 Å². The first-order chi connectivity index (χ1) is 10.0. The highest BCUT2D eigenvalue weighted by Gasteiger charge is 2.12. The molecule has 0 bridgehead atoms. The molecule has 0 spiro atoms. The van der Waals surface area contributed by atoms with Crippen LogP contribution in [-0.4, -0.2) is 32.1 Å². The second-order valence-electron chi connectivity index (χ2n) is 4.28. The number of rotatable bonds is 3. The van der Waals surface area contributed by atoms with Crippen LogP contribution < -0.4 is 10.7 Å². The molecule has 0 atom stereocenters. The molecule has 0 unspecified atom stereocenters. The van der Waals surface area contributed by atoms with Crippen molar-refractivity contribution in [2.24, 2.45) is 0 Å². The Morgan fingerprint density at radius 3 is 2.67 bits per heavy atom. The van der Waals surface area contributed by atoms with E-state index in [4.69, 9.17) is 12.2 Å². The van der Waals surface area contributed by atoms with Gasteiger partial charge in [0.05, 0.1) is 0 Å². The molecule has 1 aromatic heterocycles. The number of nitrogens with zero attached hydrogens (tertiary/aromatic N) is 3. The molecule has 0 saturated heterocycles. The van der Waals surface area contributed by atoms with E-state index in [1.165, 1.54) is 11.8 Å². The van der Waals surface area contributed by atoms with E-state index in [2.05, 4.69) is 20.9 Å². The number of hydrogen-bond donors (Lipinski definition) is 2. The summed E-state index contributed by atoms with van der Waals surface area (Å²) in [6, 6.07) is 7.33.